The van der Waals surface area contributed by atoms with E-state index in [9.17, 15) is 4.79 Å². The van der Waals surface area contributed by atoms with Crippen molar-refractivity contribution in [1.29, 1.82) is 0 Å². The number of nitrogens with one attached hydrogen (secondary N) is 1. The smallest absolute Gasteiger partial charge is 0.240 e. The predicted octanol–water partition coefficient (Wildman–Crippen LogP) is 2.05. The second-order valence-electron chi connectivity index (χ2n) is 4.82. The molecule has 1 amide bonds. The summed E-state index contributed by atoms with van der Waals surface area (Å²) in [4.78, 5) is 11.8. The Hall–Kier alpha value is -0.570. The number of nitrogens with two attached hydrogens (primary N) is 1. The molecule has 0 aliphatic heterocycles. The topological polar surface area (TPSA) is 55.1 Å². The summed E-state index contributed by atoms with van der Waals surface area (Å²) in [6.07, 6.45) is 2.72. The number of hydrogen-bond donors (Lipinski definition) is 2. The number of hydrogen-bond acceptors (Lipinski definition) is 2. The lowest BCUT2D eigenvalue weighted by molar-refractivity contribution is -0.127. The summed E-state index contributed by atoms with van der Waals surface area (Å²) >= 11 is 0. The van der Waals surface area contributed by atoms with E-state index in [0.29, 0.717) is 5.92 Å². The molecule has 0 rings (SSSR count). The van der Waals surface area contributed by atoms with E-state index in [1.54, 1.807) is 6.92 Å². The number of rotatable bonds is 6. The summed E-state index contributed by atoms with van der Waals surface area (Å²) in [6, 6.07) is 0.197. The van der Waals surface area contributed by atoms with E-state index in [4.69, 9.17) is 5.73 Å². The Morgan fingerprint density at radius 1 is 1.40 bits per heavy atom. The normalized spacial score (nSPS) is 19.1. The van der Waals surface area contributed by atoms with Gasteiger partial charge in [-0.1, -0.05) is 33.6 Å². The van der Waals surface area contributed by atoms with Crippen LogP contribution in [0.3, 0.4) is 0 Å². The van der Waals surface area contributed by atoms with Gasteiger partial charge in [0, 0.05) is 6.04 Å². The first kappa shape index (κ1) is 14.4. The molecule has 0 heterocycles. The van der Waals surface area contributed by atoms with Gasteiger partial charge in [0.15, 0.2) is 0 Å². The van der Waals surface area contributed by atoms with Crippen LogP contribution in [0.4, 0.5) is 0 Å². The van der Waals surface area contributed by atoms with Gasteiger partial charge in [-0.05, 0) is 26.2 Å². The molecule has 0 aromatic carbocycles. The van der Waals surface area contributed by atoms with Gasteiger partial charge in [-0.2, -0.15) is 0 Å². The van der Waals surface area contributed by atoms with E-state index in [2.05, 4.69) is 19.2 Å². The molecular formula is C12H26N2O. The zero-order valence-corrected chi connectivity index (χ0v) is 10.8. The summed E-state index contributed by atoms with van der Waals surface area (Å²) in [5, 5.41) is 2.99. The van der Waals surface area contributed by atoms with Gasteiger partial charge < -0.3 is 11.1 Å². The molecule has 3 atom stereocenters. The first-order chi connectivity index (χ1) is 6.85. The van der Waals surface area contributed by atoms with Crippen LogP contribution in [0.2, 0.25) is 0 Å². The first-order valence-corrected chi connectivity index (χ1v) is 5.95. The van der Waals surface area contributed by atoms with Crippen LogP contribution in [0.1, 0.15) is 53.9 Å². The van der Waals surface area contributed by atoms with Crippen LogP contribution in [-0.4, -0.2) is 17.5 Å². The monoisotopic (exact) mass is 214 g/mol. The van der Waals surface area contributed by atoms with Crippen molar-refractivity contribution in [3.63, 3.8) is 0 Å². The number of amides is 1. The molecule has 3 nitrogen and oxygen atoms in total. The highest BCUT2D eigenvalue weighted by Crippen LogP contribution is 2.12. The van der Waals surface area contributed by atoms with Crippen molar-refractivity contribution in [2.75, 3.05) is 0 Å². The quantitative estimate of drug-likeness (QED) is 0.711. The molecule has 0 radical (unpaired) electrons. The molecule has 15 heavy (non-hydrogen) atoms. The molecule has 0 aromatic rings. The standard InChI is InChI=1S/C12H26N2O/c1-6-8-12(5,13)11(15)14-10(4)9(3)7-2/h9-10H,6-8,13H2,1-5H3,(H,14,15). The van der Waals surface area contributed by atoms with Gasteiger partial charge in [0.2, 0.25) is 5.91 Å². The molecule has 90 valence electrons. The lowest BCUT2D eigenvalue weighted by Gasteiger charge is -2.27. The lowest BCUT2D eigenvalue weighted by atomic mass is 9.94. The van der Waals surface area contributed by atoms with Crippen molar-refractivity contribution in [2.45, 2.75) is 65.5 Å². The maximum absolute atomic E-state index is 11.8. The van der Waals surface area contributed by atoms with E-state index < -0.39 is 5.54 Å². The van der Waals surface area contributed by atoms with Crippen molar-refractivity contribution >= 4 is 5.91 Å². The van der Waals surface area contributed by atoms with Gasteiger partial charge in [-0.15, -0.1) is 0 Å². The fraction of sp³-hybridized carbons (Fsp3) is 0.917. The predicted molar refractivity (Wildman–Crippen MR) is 64.6 cm³/mol. The third kappa shape index (κ3) is 4.65. The molecular weight excluding hydrogens is 188 g/mol. The van der Waals surface area contributed by atoms with E-state index >= 15 is 0 Å². The molecule has 0 aliphatic carbocycles. The molecule has 0 fully saturated rings. The summed E-state index contributed by atoms with van der Waals surface area (Å²) in [5.41, 5.74) is 5.22. The average molecular weight is 214 g/mol. The Morgan fingerprint density at radius 3 is 2.33 bits per heavy atom. The third-order valence-corrected chi connectivity index (χ3v) is 3.14. The van der Waals surface area contributed by atoms with Crippen LogP contribution >= 0.6 is 0 Å². The SMILES string of the molecule is CCCC(C)(N)C(=O)NC(C)C(C)CC. The fourth-order valence-corrected chi connectivity index (χ4v) is 1.50. The van der Waals surface area contributed by atoms with Crippen LogP contribution in [0.15, 0.2) is 0 Å². The molecule has 3 unspecified atom stereocenters. The molecule has 0 aliphatic rings. The van der Waals surface area contributed by atoms with Crippen LogP contribution < -0.4 is 11.1 Å². The van der Waals surface area contributed by atoms with Crippen molar-refractivity contribution in [1.82, 2.24) is 5.32 Å². The number of carbonyl (C=O) groups is 1. The van der Waals surface area contributed by atoms with Crippen molar-refractivity contribution in [3.05, 3.63) is 0 Å². The van der Waals surface area contributed by atoms with Crippen LogP contribution in [0.5, 0.6) is 0 Å². The maximum atomic E-state index is 11.8. The summed E-state index contributed by atoms with van der Waals surface area (Å²) in [6.45, 7) is 10.1. The van der Waals surface area contributed by atoms with Crippen LogP contribution in [0, 0.1) is 5.92 Å². The van der Waals surface area contributed by atoms with Gasteiger partial charge in [-0.25, -0.2) is 0 Å². The second-order valence-corrected chi connectivity index (χ2v) is 4.82. The van der Waals surface area contributed by atoms with Gasteiger partial charge in [0.1, 0.15) is 0 Å². The Bertz CT molecular complexity index is 202. The summed E-state index contributed by atoms with van der Waals surface area (Å²) < 4.78 is 0. The second kappa shape index (κ2) is 6.11. The van der Waals surface area contributed by atoms with E-state index in [-0.39, 0.29) is 11.9 Å². The molecule has 3 heteroatoms. The van der Waals surface area contributed by atoms with Gasteiger partial charge >= 0.3 is 0 Å². The average Bonchev–Trinajstić information content (AvgIpc) is 2.16. The van der Waals surface area contributed by atoms with Gasteiger partial charge in [0.05, 0.1) is 5.54 Å². The van der Waals surface area contributed by atoms with Crippen LogP contribution in [-0.2, 0) is 4.79 Å². The van der Waals surface area contributed by atoms with Gasteiger partial charge in [-0.3, -0.25) is 4.79 Å². The molecule has 0 saturated heterocycles. The molecule has 0 bridgehead atoms. The fourth-order valence-electron chi connectivity index (χ4n) is 1.50. The minimum absolute atomic E-state index is 0.0304. The maximum Gasteiger partial charge on any atom is 0.240 e. The lowest BCUT2D eigenvalue weighted by Crippen LogP contribution is -2.54. The molecule has 0 saturated carbocycles. The first-order valence-electron chi connectivity index (χ1n) is 5.95. The van der Waals surface area contributed by atoms with E-state index in [0.717, 1.165) is 19.3 Å². The Labute approximate surface area is 93.8 Å². The van der Waals surface area contributed by atoms with Crippen LogP contribution in [0.25, 0.3) is 0 Å². The molecule has 0 aromatic heterocycles. The molecule has 3 N–H and O–H groups in total. The zero-order chi connectivity index (χ0) is 12.1. The summed E-state index contributed by atoms with van der Waals surface area (Å²) in [5.74, 6) is 0.462. The van der Waals surface area contributed by atoms with Gasteiger partial charge in [0.25, 0.3) is 0 Å². The highest BCUT2D eigenvalue weighted by molar-refractivity contribution is 5.85. The summed E-state index contributed by atoms with van der Waals surface area (Å²) in [7, 11) is 0. The Kier molecular flexibility index (Phi) is 5.88. The highest BCUT2D eigenvalue weighted by atomic mass is 16.2. The van der Waals surface area contributed by atoms with E-state index in [1.807, 2.05) is 13.8 Å². The number of carbonyl (C=O) groups excluding carboxylic acids is 1. The Morgan fingerprint density at radius 2 is 1.93 bits per heavy atom. The van der Waals surface area contributed by atoms with E-state index in [1.165, 1.54) is 0 Å². The zero-order valence-electron chi connectivity index (χ0n) is 10.8. The molecule has 0 spiro atoms. The largest absolute Gasteiger partial charge is 0.352 e. The minimum atomic E-state index is -0.726. The van der Waals surface area contributed by atoms with Crippen molar-refractivity contribution < 1.29 is 4.79 Å². The Balaban J connectivity index is 4.23. The van der Waals surface area contributed by atoms with Crippen molar-refractivity contribution in [2.24, 2.45) is 11.7 Å². The minimum Gasteiger partial charge on any atom is -0.352 e. The third-order valence-electron chi connectivity index (χ3n) is 3.14. The highest BCUT2D eigenvalue weighted by Gasteiger charge is 2.28. The van der Waals surface area contributed by atoms with Crippen molar-refractivity contribution in [3.8, 4) is 0 Å².